The third-order valence-electron chi connectivity index (χ3n) is 5.89. The van der Waals surface area contributed by atoms with Crippen LogP contribution in [0.1, 0.15) is 17.3 Å². The lowest BCUT2D eigenvalue weighted by molar-refractivity contribution is 0.0816. The van der Waals surface area contributed by atoms with Crippen molar-refractivity contribution in [3.8, 4) is 17.3 Å². The van der Waals surface area contributed by atoms with E-state index in [9.17, 15) is 10.1 Å². The van der Waals surface area contributed by atoms with Gasteiger partial charge in [-0.1, -0.05) is 37.3 Å². The van der Waals surface area contributed by atoms with Crippen molar-refractivity contribution in [2.24, 2.45) is 5.92 Å². The average molecular weight is 395 g/mol. The molecule has 5 rings (SSSR count). The van der Waals surface area contributed by atoms with Crippen LogP contribution in [0.25, 0.3) is 11.1 Å². The van der Waals surface area contributed by atoms with Crippen molar-refractivity contribution in [2.45, 2.75) is 19.1 Å². The number of nitrogens with zero attached hydrogens (tertiary/aromatic N) is 4. The highest BCUT2D eigenvalue weighted by atomic mass is 16.2. The zero-order chi connectivity index (χ0) is 20.7. The van der Waals surface area contributed by atoms with E-state index in [1.165, 1.54) is 0 Å². The first-order chi connectivity index (χ1) is 14.7. The summed E-state index contributed by atoms with van der Waals surface area (Å²) in [5, 5.41) is 12.7. The predicted octanol–water partition coefficient (Wildman–Crippen LogP) is 4.08. The van der Waals surface area contributed by atoms with Gasteiger partial charge in [-0.15, -0.1) is 0 Å². The zero-order valence-electron chi connectivity index (χ0n) is 16.6. The molecular formula is C24H21N5O. The number of para-hydroxylation sites is 1. The highest BCUT2D eigenvalue weighted by molar-refractivity contribution is 5.97. The summed E-state index contributed by atoms with van der Waals surface area (Å²) in [5.74, 6) is 0.307. The van der Waals surface area contributed by atoms with E-state index in [4.69, 9.17) is 0 Å². The van der Waals surface area contributed by atoms with Crippen LogP contribution in [0.4, 0.5) is 11.4 Å². The molecule has 2 aliphatic rings. The predicted molar refractivity (Wildman–Crippen MR) is 115 cm³/mol. The maximum Gasteiger partial charge on any atom is 0.255 e. The molecule has 1 amide bonds. The van der Waals surface area contributed by atoms with E-state index in [2.05, 4.69) is 23.4 Å². The molecule has 0 radical (unpaired) electrons. The number of carbonyl (C=O) groups is 1. The minimum absolute atomic E-state index is 0.0132. The largest absolute Gasteiger partial charge is 0.354 e. The van der Waals surface area contributed by atoms with Crippen LogP contribution in [0.15, 0.2) is 73.1 Å². The number of nitriles is 1. The van der Waals surface area contributed by atoms with Gasteiger partial charge < -0.3 is 10.2 Å². The minimum Gasteiger partial charge on any atom is -0.354 e. The lowest BCUT2D eigenvalue weighted by Crippen LogP contribution is -2.30. The van der Waals surface area contributed by atoms with Gasteiger partial charge in [0.1, 0.15) is 6.17 Å². The highest BCUT2D eigenvalue weighted by Gasteiger charge is 2.61. The Bertz CT molecular complexity index is 1120. The van der Waals surface area contributed by atoms with E-state index < -0.39 is 0 Å². The Morgan fingerprint density at radius 3 is 2.63 bits per heavy atom. The zero-order valence-corrected chi connectivity index (χ0v) is 16.6. The van der Waals surface area contributed by atoms with Gasteiger partial charge >= 0.3 is 0 Å². The SMILES string of the molecule is CC1CN(C#N)C2[C@@H]1N2C(=O)c1ccc(-c2ccncc2Nc2ccccc2)cc1. The average Bonchev–Trinajstić information content (AvgIpc) is 3.45. The molecule has 0 aliphatic carbocycles. The summed E-state index contributed by atoms with van der Waals surface area (Å²) in [7, 11) is 0. The molecule has 2 fully saturated rings. The quantitative estimate of drug-likeness (QED) is 0.532. The maximum absolute atomic E-state index is 13.0. The lowest BCUT2D eigenvalue weighted by Gasteiger charge is -2.17. The molecule has 0 spiro atoms. The first-order valence-corrected chi connectivity index (χ1v) is 10.0. The summed E-state index contributed by atoms with van der Waals surface area (Å²) in [6.07, 6.45) is 5.70. The maximum atomic E-state index is 13.0. The number of likely N-dealkylation sites (tertiary alicyclic amines) is 1. The van der Waals surface area contributed by atoms with Gasteiger partial charge in [-0.05, 0) is 41.8 Å². The van der Waals surface area contributed by atoms with E-state index in [0.717, 1.165) is 29.0 Å². The van der Waals surface area contributed by atoms with Crippen LogP contribution in [-0.2, 0) is 0 Å². The Hall–Kier alpha value is -3.85. The Labute approximate surface area is 175 Å². The lowest BCUT2D eigenvalue weighted by atomic mass is 10.0. The number of hydrogen-bond donors (Lipinski definition) is 1. The Balaban J connectivity index is 1.37. The fraction of sp³-hybridized carbons (Fsp3) is 0.208. The molecular weight excluding hydrogens is 374 g/mol. The topological polar surface area (TPSA) is 72.0 Å². The normalized spacial score (nSPS) is 21.7. The number of hydrogen-bond acceptors (Lipinski definition) is 5. The third-order valence-corrected chi connectivity index (χ3v) is 5.89. The van der Waals surface area contributed by atoms with Crippen LogP contribution in [0, 0.1) is 17.4 Å². The van der Waals surface area contributed by atoms with Gasteiger partial charge in [-0.3, -0.25) is 14.7 Å². The fourth-order valence-corrected chi connectivity index (χ4v) is 4.38. The van der Waals surface area contributed by atoms with E-state index in [1.54, 1.807) is 17.3 Å². The molecule has 3 aromatic rings. The van der Waals surface area contributed by atoms with Gasteiger partial charge in [0, 0.05) is 29.6 Å². The summed E-state index contributed by atoms with van der Waals surface area (Å²) in [6, 6.07) is 19.7. The van der Waals surface area contributed by atoms with Gasteiger partial charge in [-0.2, -0.15) is 5.26 Å². The monoisotopic (exact) mass is 395 g/mol. The summed E-state index contributed by atoms with van der Waals surface area (Å²) >= 11 is 0. The second-order valence-electron chi connectivity index (χ2n) is 7.84. The number of aromatic nitrogens is 1. The summed E-state index contributed by atoms with van der Waals surface area (Å²) < 4.78 is 0. The van der Waals surface area contributed by atoms with Crippen molar-refractivity contribution in [1.29, 1.82) is 5.26 Å². The first-order valence-electron chi connectivity index (χ1n) is 10.0. The molecule has 1 aromatic heterocycles. The molecule has 1 N–H and O–H groups in total. The van der Waals surface area contributed by atoms with Crippen molar-refractivity contribution < 1.29 is 4.79 Å². The molecule has 2 aromatic carbocycles. The van der Waals surface area contributed by atoms with Crippen molar-refractivity contribution in [2.75, 3.05) is 11.9 Å². The number of pyridine rings is 1. The highest BCUT2D eigenvalue weighted by Crippen LogP contribution is 2.44. The Kier molecular flexibility index (Phi) is 4.36. The van der Waals surface area contributed by atoms with E-state index >= 15 is 0 Å². The number of amides is 1. The van der Waals surface area contributed by atoms with E-state index in [0.29, 0.717) is 11.5 Å². The van der Waals surface area contributed by atoms with Gasteiger partial charge in [-0.25, -0.2) is 0 Å². The number of rotatable bonds is 4. The third kappa shape index (κ3) is 3.05. The van der Waals surface area contributed by atoms with E-state index in [1.807, 2.05) is 65.6 Å². The van der Waals surface area contributed by atoms with Crippen LogP contribution in [0.5, 0.6) is 0 Å². The van der Waals surface area contributed by atoms with Crippen molar-refractivity contribution in [3.63, 3.8) is 0 Å². The number of carbonyl (C=O) groups excluding carboxylic acids is 1. The molecule has 6 nitrogen and oxygen atoms in total. The van der Waals surface area contributed by atoms with E-state index in [-0.39, 0.29) is 18.1 Å². The number of fused-ring (bicyclic) bond motifs is 1. The molecule has 2 saturated heterocycles. The fourth-order valence-electron chi connectivity index (χ4n) is 4.38. The molecule has 0 bridgehead atoms. The van der Waals surface area contributed by atoms with Crippen LogP contribution in [0.2, 0.25) is 0 Å². The summed E-state index contributed by atoms with van der Waals surface area (Å²) in [4.78, 5) is 20.7. The molecule has 3 atom stereocenters. The molecule has 30 heavy (non-hydrogen) atoms. The van der Waals surface area contributed by atoms with Crippen LogP contribution < -0.4 is 5.32 Å². The van der Waals surface area contributed by atoms with Crippen LogP contribution >= 0.6 is 0 Å². The van der Waals surface area contributed by atoms with Crippen LogP contribution in [-0.4, -0.2) is 39.4 Å². The van der Waals surface area contributed by atoms with Crippen LogP contribution in [0.3, 0.4) is 0 Å². The second kappa shape index (κ2) is 7.20. The minimum atomic E-state index is -0.0703. The number of nitrogens with one attached hydrogen (secondary N) is 1. The molecule has 148 valence electrons. The summed E-state index contributed by atoms with van der Waals surface area (Å²) in [5.41, 5.74) is 4.56. The molecule has 3 heterocycles. The molecule has 0 saturated carbocycles. The number of anilines is 2. The van der Waals surface area contributed by atoms with Crippen molar-refractivity contribution in [3.05, 3.63) is 78.6 Å². The molecule has 2 aliphatic heterocycles. The summed E-state index contributed by atoms with van der Waals surface area (Å²) in [6.45, 7) is 2.82. The van der Waals surface area contributed by atoms with Crippen molar-refractivity contribution in [1.82, 2.24) is 14.8 Å². The molecule has 6 heteroatoms. The molecule has 2 unspecified atom stereocenters. The second-order valence-corrected chi connectivity index (χ2v) is 7.84. The van der Waals surface area contributed by atoms with Gasteiger partial charge in [0.2, 0.25) is 0 Å². The van der Waals surface area contributed by atoms with Gasteiger partial charge in [0.25, 0.3) is 5.91 Å². The van der Waals surface area contributed by atoms with Gasteiger partial charge in [0.05, 0.1) is 17.9 Å². The standard InChI is InChI=1S/C24H21N5O/c1-16-14-28(15-25)23-22(16)29(23)24(30)18-9-7-17(8-10-18)20-11-12-26-13-21(20)27-19-5-3-2-4-6-19/h2-13,16,22-23,27H,14H2,1H3/t16?,22-,23?,29?/m1/s1. The Morgan fingerprint density at radius 1 is 1.13 bits per heavy atom. The van der Waals surface area contributed by atoms with Gasteiger partial charge in [0.15, 0.2) is 6.19 Å². The smallest absolute Gasteiger partial charge is 0.255 e. The van der Waals surface area contributed by atoms with Crippen molar-refractivity contribution >= 4 is 17.3 Å². The first kappa shape index (κ1) is 18.2. The Morgan fingerprint density at radius 2 is 1.90 bits per heavy atom. The number of benzene rings is 2.